The van der Waals surface area contributed by atoms with E-state index in [0.717, 1.165) is 6.07 Å². The number of carbonyl (C=O) groups is 2. The topological polar surface area (TPSA) is 69.6 Å². The standard InChI is InChI=1S/C15H15F5N2O3/c16-10-3-1-2-9(12(10)17)8-4-5-11(21-14(24)25)13(23)22(6-8)7-15(18,19)20/h1-3,8,11,21H,4-7H2,(H,24,25)/t8-,11-/m1/s1. The Balaban J connectivity index is 2.33. The van der Waals surface area contributed by atoms with Gasteiger partial charge in [-0.25, -0.2) is 13.6 Å². The molecule has 1 aliphatic heterocycles. The lowest BCUT2D eigenvalue weighted by Crippen LogP contribution is -2.49. The van der Waals surface area contributed by atoms with Crippen molar-refractivity contribution in [2.45, 2.75) is 31.0 Å². The molecular formula is C15H15F5N2O3. The van der Waals surface area contributed by atoms with Gasteiger partial charge in [0.05, 0.1) is 0 Å². The van der Waals surface area contributed by atoms with E-state index in [1.165, 1.54) is 12.1 Å². The van der Waals surface area contributed by atoms with Crippen molar-refractivity contribution >= 4 is 12.0 Å². The first-order chi connectivity index (χ1) is 11.6. The van der Waals surface area contributed by atoms with E-state index in [0.29, 0.717) is 4.90 Å². The molecule has 25 heavy (non-hydrogen) atoms. The average molecular weight is 366 g/mol. The summed E-state index contributed by atoms with van der Waals surface area (Å²) in [6, 6.07) is 1.97. The van der Waals surface area contributed by atoms with Gasteiger partial charge in [-0.05, 0) is 24.5 Å². The number of nitrogens with one attached hydrogen (secondary N) is 1. The van der Waals surface area contributed by atoms with Crippen molar-refractivity contribution in [2.24, 2.45) is 0 Å². The molecule has 2 N–H and O–H groups in total. The first-order valence-electron chi connectivity index (χ1n) is 7.37. The maximum atomic E-state index is 14.0. The Morgan fingerprint density at radius 1 is 1.28 bits per heavy atom. The van der Waals surface area contributed by atoms with Gasteiger partial charge in [0.25, 0.3) is 0 Å². The molecule has 0 bridgehead atoms. The third-order valence-corrected chi connectivity index (χ3v) is 3.94. The van der Waals surface area contributed by atoms with E-state index in [1.54, 1.807) is 0 Å². The number of likely N-dealkylation sites (tertiary alicyclic amines) is 1. The van der Waals surface area contributed by atoms with Crippen LogP contribution in [0.1, 0.15) is 24.3 Å². The molecule has 0 unspecified atom stereocenters. The molecule has 10 heteroatoms. The molecule has 1 aromatic carbocycles. The van der Waals surface area contributed by atoms with Gasteiger partial charge in [-0.1, -0.05) is 12.1 Å². The summed E-state index contributed by atoms with van der Waals surface area (Å²) in [7, 11) is 0. The molecule has 0 aromatic heterocycles. The molecule has 2 atom stereocenters. The fraction of sp³-hybridized carbons (Fsp3) is 0.467. The summed E-state index contributed by atoms with van der Waals surface area (Å²) in [5.74, 6) is -4.26. The van der Waals surface area contributed by atoms with E-state index in [-0.39, 0.29) is 18.4 Å². The summed E-state index contributed by atoms with van der Waals surface area (Å²) < 4.78 is 65.6. The van der Waals surface area contributed by atoms with Crippen LogP contribution in [-0.2, 0) is 4.79 Å². The zero-order chi connectivity index (χ0) is 18.8. The minimum Gasteiger partial charge on any atom is -0.465 e. The zero-order valence-corrected chi connectivity index (χ0v) is 12.8. The third-order valence-electron chi connectivity index (χ3n) is 3.94. The normalized spacial score (nSPS) is 21.8. The van der Waals surface area contributed by atoms with Gasteiger partial charge in [0, 0.05) is 12.5 Å². The average Bonchev–Trinajstić information content (AvgIpc) is 2.62. The molecule has 1 aliphatic rings. The minimum atomic E-state index is -4.71. The summed E-state index contributed by atoms with van der Waals surface area (Å²) >= 11 is 0. The van der Waals surface area contributed by atoms with Crippen LogP contribution in [-0.4, -0.2) is 47.3 Å². The van der Waals surface area contributed by atoms with Crippen molar-refractivity contribution in [1.82, 2.24) is 10.2 Å². The number of carbonyl (C=O) groups excluding carboxylic acids is 1. The number of hydrogen-bond donors (Lipinski definition) is 2. The van der Waals surface area contributed by atoms with Gasteiger partial charge in [0.2, 0.25) is 5.91 Å². The largest absolute Gasteiger partial charge is 0.465 e. The van der Waals surface area contributed by atoms with E-state index >= 15 is 0 Å². The lowest BCUT2D eigenvalue weighted by molar-refractivity contribution is -0.162. The van der Waals surface area contributed by atoms with E-state index in [9.17, 15) is 31.5 Å². The van der Waals surface area contributed by atoms with Crippen LogP contribution in [0.3, 0.4) is 0 Å². The first kappa shape index (κ1) is 18.9. The summed E-state index contributed by atoms with van der Waals surface area (Å²) in [4.78, 5) is 23.4. The molecule has 138 valence electrons. The number of amides is 2. The second-order valence-corrected chi connectivity index (χ2v) is 5.75. The quantitative estimate of drug-likeness (QED) is 0.809. The number of rotatable bonds is 3. The zero-order valence-electron chi connectivity index (χ0n) is 12.8. The van der Waals surface area contributed by atoms with Crippen LogP contribution >= 0.6 is 0 Å². The van der Waals surface area contributed by atoms with Gasteiger partial charge in [-0.2, -0.15) is 13.2 Å². The maximum absolute atomic E-state index is 14.0. The van der Waals surface area contributed by atoms with Gasteiger partial charge in [-0.15, -0.1) is 0 Å². The Bertz CT molecular complexity index is 665. The summed E-state index contributed by atoms with van der Waals surface area (Å²) in [6.07, 6.45) is -6.37. The maximum Gasteiger partial charge on any atom is 0.406 e. The fourth-order valence-electron chi connectivity index (χ4n) is 2.89. The van der Waals surface area contributed by atoms with E-state index in [1.807, 2.05) is 5.32 Å². The molecule has 2 rings (SSSR count). The van der Waals surface area contributed by atoms with Crippen LogP contribution in [0.25, 0.3) is 0 Å². The van der Waals surface area contributed by atoms with Crippen molar-refractivity contribution in [1.29, 1.82) is 0 Å². The fourth-order valence-corrected chi connectivity index (χ4v) is 2.89. The van der Waals surface area contributed by atoms with Crippen LogP contribution in [0.5, 0.6) is 0 Å². The van der Waals surface area contributed by atoms with Gasteiger partial charge in [0.1, 0.15) is 12.6 Å². The highest BCUT2D eigenvalue weighted by molar-refractivity contribution is 5.85. The van der Waals surface area contributed by atoms with Crippen LogP contribution < -0.4 is 5.32 Å². The number of hydrogen-bond acceptors (Lipinski definition) is 2. The second kappa shape index (κ2) is 7.24. The summed E-state index contributed by atoms with van der Waals surface area (Å²) in [5.41, 5.74) is -0.143. The van der Waals surface area contributed by atoms with Crippen molar-refractivity contribution < 1.29 is 36.6 Å². The van der Waals surface area contributed by atoms with E-state index in [2.05, 4.69) is 0 Å². The molecule has 1 fully saturated rings. The highest BCUT2D eigenvalue weighted by atomic mass is 19.4. The first-order valence-corrected chi connectivity index (χ1v) is 7.37. The highest BCUT2D eigenvalue weighted by Crippen LogP contribution is 2.31. The molecule has 1 saturated heterocycles. The Kier molecular flexibility index (Phi) is 5.48. The Morgan fingerprint density at radius 2 is 1.96 bits per heavy atom. The molecule has 1 heterocycles. The number of alkyl halides is 3. The van der Waals surface area contributed by atoms with Gasteiger partial charge >= 0.3 is 12.3 Å². The van der Waals surface area contributed by atoms with Crippen LogP contribution in [0.15, 0.2) is 18.2 Å². The molecule has 0 saturated carbocycles. The van der Waals surface area contributed by atoms with Gasteiger partial charge in [0.15, 0.2) is 11.6 Å². The van der Waals surface area contributed by atoms with Crippen molar-refractivity contribution in [3.63, 3.8) is 0 Å². The van der Waals surface area contributed by atoms with Crippen LogP contribution in [0.4, 0.5) is 26.7 Å². The number of nitrogens with zero attached hydrogens (tertiary/aromatic N) is 1. The highest BCUT2D eigenvalue weighted by Gasteiger charge is 2.39. The van der Waals surface area contributed by atoms with Crippen LogP contribution in [0, 0.1) is 11.6 Å². The Morgan fingerprint density at radius 3 is 2.56 bits per heavy atom. The molecule has 0 aliphatic carbocycles. The molecule has 1 aromatic rings. The molecule has 2 amide bonds. The summed E-state index contributed by atoms with van der Waals surface area (Å²) in [5, 5.41) is 10.6. The molecule has 0 radical (unpaired) electrons. The van der Waals surface area contributed by atoms with Gasteiger partial charge < -0.3 is 15.3 Å². The number of halogens is 5. The Hall–Kier alpha value is -2.39. The summed E-state index contributed by atoms with van der Waals surface area (Å²) in [6.45, 7) is -2.09. The van der Waals surface area contributed by atoms with E-state index in [4.69, 9.17) is 5.11 Å². The number of carboxylic acid groups (broad SMARTS) is 1. The molecule has 5 nitrogen and oxygen atoms in total. The molecular weight excluding hydrogens is 351 g/mol. The Labute approximate surface area is 139 Å². The van der Waals surface area contributed by atoms with Gasteiger partial charge in [-0.3, -0.25) is 4.79 Å². The lowest BCUT2D eigenvalue weighted by atomic mass is 9.93. The van der Waals surface area contributed by atoms with Crippen molar-refractivity contribution in [3.05, 3.63) is 35.4 Å². The van der Waals surface area contributed by atoms with E-state index < -0.39 is 54.9 Å². The predicted molar refractivity (Wildman–Crippen MR) is 75.9 cm³/mol. The smallest absolute Gasteiger partial charge is 0.406 e. The van der Waals surface area contributed by atoms with Crippen molar-refractivity contribution in [2.75, 3.05) is 13.1 Å². The monoisotopic (exact) mass is 366 g/mol. The SMILES string of the molecule is O=C(O)N[C@@H]1CC[C@@H](c2cccc(F)c2F)CN(CC(F)(F)F)C1=O. The minimum absolute atomic E-state index is 0.0193. The number of benzene rings is 1. The molecule has 0 spiro atoms. The second-order valence-electron chi connectivity index (χ2n) is 5.75. The third kappa shape index (κ3) is 4.80. The lowest BCUT2D eigenvalue weighted by Gasteiger charge is -2.27. The van der Waals surface area contributed by atoms with Crippen molar-refractivity contribution in [3.8, 4) is 0 Å². The predicted octanol–water partition coefficient (Wildman–Crippen LogP) is 2.87. The van der Waals surface area contributed by atoms with Crippen LogP contribution in [0.2, 0.25) is 0 Å².